The van der Waals surface area contributed by atoms with Crippen LogP contribution in [0.15, 0.2) is 122 Å². The van der Waals surface area contributed by atoms with E-state index in [1.165, 1.54) is 51.4 Å². The van der Waals surface area contributed by atoms with Crippen LogP contribution in [0.4, 0.5) is 0 Å². The van der Waals surface area contributed by atoms with Gasteiger partial charge in [0, 0.05) is 25.7 Å². The molecule has 0 aliphatic heterocycles. The predicted octanol–water partition coefficient (Wildman–Crippen LogP) is 24.7. The molecule has 0 fully saturated rings. The van der Waals surface area contributed by atoms with Crippen molar-refractivity contribution in [2.75, 3.05) is 39.6 Å². The zero-order chi connectivity index (χ0) is 77.4. The third-order valence-electron chi connectivity index (χ3n) is 17.4. The van der Waals surface area contributed by atoms with E-state index in [0.29, 0.717) is 25.7 Å². The van der Waals surface area contributed by atoms with Gasteiger partial charge in [0.25, 0.3) is 0 Å². The normalized spacial score (nSPS) is 14.4. The molecule has 17 nitrogen and oxygen atoms in total. The molecule has 0 aromatic heterocycles. The van der Waals surface area contributed by atoms with Crippen molar-refractivity contribution >= 4 is 39.5 Å². The summed E-state index contributed by atoms with van der Waals surface area (Å²) in [6.45, 7) is 4.56. The van der Waals surface area contributed by atoms with Crippen LogP contribution in [0.1, 0.15) is 349 Å². The van der Waals surface area contributed by atoms with Gasteiger partial charge in [-0.05, 0) is 128 Å². The van der Waals surface area contributed by atoms with Crippen molar-refractivity contribution in [1.82, 2.24) is 0 Å². The summed E-state index contributed by atoms with van der Waals surface area (Å²) in [5.74, 6) is -2.19. The SMILES string of the molecule is CC/C=C\C/C=C\C/C=C\C/C=C\CCCCCCCCC(=O)OCC(COP(=O)(O)OCC(O)COP(=O)(O)OCC(COC(=O)CCCCCCCCC/C=C\C/C=C\C/C=C\CC)OC(=O)CCCCCCCCCCCCCCC)OC(=O)CCCCCCCCC/C=C\C/C=C\C/C=C\CC. The summed E-state index contributed by atoms with van der Waals surface area (Å²) < 4.78 is 68.8. The zero-order valence-electron chi connectivity index (χ0n) is 66.8. The van der Waals surface area contributed by atoms with Gasteiger partial charge < -0.3 is 33.8 Å². The predicted molar refractivity (Wildman–Crippen MR) is 436 cm³/mol. The Morgan fingerprint density at radius 3 is 0.755 bits per heavy atom. The first-order valence-corrected chi connectivity index (χ1v) is 44.8. The Morgan fingerprint density at radius 1 is 0.274 bits per heavy atom. The van der Waals surface area contributed by atoms with Gasteiger partial charge in [0.2, 0.25) is 0 Å². The average Bonchev–Trinajstić information content (AvgIpc) is 0.907. The van der Waals surface area contributed by atoms with Crippen LogP contribution in [-0.2, 0) is 65.4 Å². The van der Waals surface area contributed by atoms with Gasteiger partial charge in [-0.1, -0.05) is 316 Å². The molecule has 0 saturated heterocycles. The molecule has 0 rings (SSSR count). The van der Waals surface area contributed by atoms with Gasteiger partial charge in [-0.3, -0.25) is 37.3 Å². The molecule has 0 spiro atoms. The summed E-state index contributed by atoms with van der Waals surface area (Å²) >= 11 is 0. The molecule has 3 N–H and O–H groups in total. The molecule has 0 bridgehead atoms. The molecule has 610 valence electrons. The lowest BCUT2D eigenvalue weighted by Crippen LogP contribution is -2.30. The number of allylic oxidation sites excluding steroid dienone is 20. The summed E-state index contributed by atoms with van der Waals surface area (Å²) in [5, 5.41) is 10.7. The molecule has 0 aromatic rings. The van der Waals surface area contributed by atoms with Gasteiger partial charge in [-0.25, -0.2) is 9.13 Å². The van der Waals surface area contributed by atoms with Crippen molar-refractivity contribution in [1.29, 1.82) is 0 Å². The Labute approximate surface area is 644 Å². The summed E-state index contributed by atoms with van der Waals surface area (Å²) in [6.07, 6.45) is 87.3. The molecular formula is C87H150O17P2. The molecule has 0 amide bonds. The van der Waals surface area contributed by atoms with Crippen molar-refractivity contribution in [2.45, 2.75) is 367 Å². The standard InChI is InChI=1S/C87H150O17P2/c1-5-9-13-17-21-25-29-33-36-39-40-43-45-49-52-56-60-64-68-72-85(90)98-78-83(104-87(92)74-70-66-62-58-54-50-46-42-38-35-31-27-23-19-15-11-7-3)80-102-106(95,96)100-76-81(88)75-99-105(93,94)101-79-82(103-86(91)73-69-65-61-57-53-47-32-28-24-20-16-12-8-4)77-97-84(89)71-67-63-59-55-51-48-44-41-37-34-30-26-22-18-14-10-6-2/h9-11,13-15,21-23,25-27,33-38,40,43,81-83,88H,5-8,12,16-20,24,28-32,39,41-42,44-80H2,1-4H3,(H,93,94)(H,95,96)/b13-9-,14-10-,15-11-,25-21-,26-22-,27-23-,36-33-,37-34-,38-35-,43-40-. The number of aliphatic hydroxyl groups is 1. The van der Waals surface area contributed by atoms with Gasteiger partial charge in [-0.2, -0.15) is 0 Å². The summed E-state index contributed by atoms with van der Waals surface area (Å²) in [6, 6.07) is 0. The van der Waals surface area contributed by atoms with Crippen LogP contribution in [0.3, 0.4) is 0 Å². The maximum Gasteiger partial charge on any atom is 0.472 e. The van der Waals surface area contributed by atoms with E-state index in [4.69, 9.17) is 37.0 Å². The molecule has 0 heterocycles. The van der Waals surface area contributed by atoms with Crippen molar-refractivity contribution in [2.24, 2.45) is 0 Å². The molecule has 0 radical (unpaired) electrons. The monoisotopic (exact) mass is 1530 g/mol. The van der Waals surface area contributed by atoms with Crippen LogP contribution in [0.25, 0.3) is 0 Å². The first-order valence-electron chi connectivity index (χ1n) is 41.8. The number of rotatable bonds is 78. The number of phosphoric ester groups is 2. The minimum atomic E-state index is -4.99. The highest BCUT2D eigenvalue weighted by atomic mass is 31.2. The highest BCUT2D eigenvalue weighted by Gasteiger charge is 2.30. The molecule has 19 heteroatoms. The van der Waals surface area contributed by atoms with E-state index < -0.39 is 97.5 Å². The van der Waals surface area contributed by atoms with E-state index in [-0.39, 0.29) is 25.7 Å². The van der Waals surface area contributed by atoms with E-state index >= 15 is 0 Å². The van der Waals surface area contributed by atoms with E-state index in [9.17, 15) is 43.2 Å². The van der Waals surface area contributed by atoms with Crippen molar-refractivity contribution in [3.8, 4) is 0 Å². The quantitative estimate of drug-likeness (QED) is 0.0169. The van der Waals surface area contributed by atoms with Gasteiger partial charge >= 0.3 is 39.5 Å². The first kappa shape index (κ1) is 101. The molecule has 0 aromatic carbocycles. The summed E-state index contributed by atoms with van der Waals surface area (Å²) in [5.41, 5.74) is 0. The van der Waals surface area contributed by atoms with Crippen molar-refractivity contribution in [3.05, 3.63) is 122 Å². The Hall–Kier alpha value is -4.54. The second-order valence-electron chi connectivity index (χ2n) is 27.6. The van der Waals surface area contributed by atoms with Crippen LogP contribution in [-0.4, -0.2) is 96.7 Å². The number of unbranched alkanes of at least 4 members (excludes halogenated alkanes) is 32. The topological polar surface area (TPSA) is 237 Å². The third-order valence-corrected chi connectivity index (χ3v) is 19.3. The second-order valence-corrected chi connectivity index (χ2v) is 30.5. The highest BCUT2D eigenvalue weighted by molar-refractivity contribution is 7.47. The lowest BCUT2D eigenvalue weighted by Gasteiger charge is -2.21. The number of aliphatic hydroxyl groups excluding tert-OH is 1. The second kappa shape index (κ2) is 78.6. The summed E-state index contributed by atoms with van der Waals surface area (Å²) in [4.78, 5) is 73.2. The molecule has 0 saturated carbocycles. The average molecular weight is 1530 g/mol. The number of hydrogen-bond donors (Lipinski definition) is 3. The fraction of sp³-hybridized carbons (Fsp3) is 0.724. The van der Waals surface area contributed by atoms with E-state index in [0.717, 1.165) is 218 Å². The van der Waals surface area contributed by atoms with Gasteiger partial charge in [0.1, 0.15) is 19.3 Å². The number of phosphoric acid groups is 2. The number of esters is 4. The molecule has 106 heavy (non-hydrogen) atoms. The largest absolute Gasteiger partial charge is 0.472 e. The van der Waals surface area contributed by atoms with E-state index in [1.807, 2.05) is 0 Å². The zero-order valence-corrected chi connectivity index (χ0v) is 68.6. The van der Waals surface area contributed by atoms with Crippen LogP contribution >= 0.6 is 15.6 Å². The maximum absolute atomic E-state index is 13.1. The Morgan fingerprint density at radius 2 is 0.491 bits per heavy atom. The van der Waals surface area contributed by atoms with Crippen LogP contribution < -0.4 is 0 Å². The smallest absolute Gasteiger partial charge is 0.462 e. The fourth-order valence-corrected chi connectivity index (χ4v) is 12.8. The first-order chi connectivity index (χ1) is 51.7. The minimum Gasteiger partial charge on any atom is -0.462 e. The van der Waals surface area contributed by atoms with Crippen LogP contribution in [0.2, 0.25) is 0 Å². The number of carbonyl (C=O) groups excluding carboxylic acids is 4. The third kappa shape index (κ3) is 77.6. The highest BCUT2D eigenvalue weighted by Crippen LogP contribution is 2.45. The summed E-state index contributed by atoms with van der Waals surface area (Å²) in [7, 11) is -9.97. The van der Waals surface area contributed by atoms with Gasteiger partial charge in [-0.15, -0.1) is 0 Å². The maximum atomic E-state index is 13.1. The van der Waals surface area contributed by atoms with E-state index in [2.05, 4.69) is 149 Å². The minimum absolute atomic E-state index is 0.0788. The van der Waals surface area contributed by atoms with Gasteiger partial charge in [0.15, 0.2) is 12.2 Å². The molecule has 0 aliphatic rings. The molecular weight excluding hydrogens is 1380 g/mol. The van der Waals surface area contributed by atoms with Gasteiger partial charge in [0.05, 0.1) is 26.4 Å². The van der Waals surface area contributed by atoms with Crippen LogP contribution in [0, 0.1) is 0 Å². The lowest BCUT2D eigenvalue weighted by molar-refractivity contribution is -0.161. The van der Waals surface area contributed by atoms with Crippen molar-refractivity contribution < 1.29 is 80.2 Å². The Balaban J connectivity index is 5.37. The Kier molecular flexibility index (Phi) is 75.2. The van der Waals surface area contributed by atoms with E-state index in [1.54, 1.807) is 0 Å². The lowest BCUT2D eigenvalue weighted by atomic mass is 10.0. The number of carbonyl (C=O) groups is 4. The number of hydrogen-bond acceptors (Lipinski definition) is 15. The van der Waals surface area contributed by atoms with Crippen molar-refractivity contribution in [3.63, 3.8) is 0 Å². The molecule has 5 atom stereocenters. The fourth-order valence-electron chi connectivity index (χ4n) is 11.2. The number of ether oxygens (including phenoxy) is 4. The van der Waals surface area contributed by atoms with Crippen LogP contribution in [0.5, 0.6) is 0 Å². The Bertz CT molecular complexity index is 2480. The molecule has 5 unspecified atom stereocenters. The molecule has 0 aliphatic carbocycles.